The molecule has 8 nitrogen and oxygen atoms in total. The summed E-state index contributed by atoms with van der Waals surface area (Å²) in [5.74, 6) is 0.0619. The second-order valence-corrected chi connectivity index (χ2v) is 7.61. The molecule has 0 N–H and O–H groups in total. The third kappa shape index (κ3) is 3.76. The van der Waals surface area contributed by atoms with Gasteiger partial charge in [-0.1, -0.05) is 0 Å². The highest BCUT2D eigenvalue weighted by Crippen LogP contribution is 2.37. The normalized spacial score (nSPS) is 25.4. The fraction of sp³-hybridized carbons (Fsp3) is 0.722. The largest absolute Gasteiger partial charge is 0.433 e. The maximum absolute atomic E-state index is 12.5. The van der Waals surface area contributed by atoms with E-state index >= 15 is 0 Å². The first-order chi connectivity index (χ1) is 12.5. The van der Waals surface area contributed by atoms with Crippen LogP contribution < -0.4 is 0 Å². The van der Waals surface area contributed by atoms with E-state index in [4.69, 9.17) is 13.9 Å². The Morgan fingerprint density at radius 2 is 2.08 bits per heavy atom. The SMILES string of the molecule is O=C(c1ccc([N+](=O)[O-])o1)N1CCC2(CC1)CC(OCC1CC1)CCO2. The van der Waals surface area contributed by atoms with Crippen molar-refractivity contribution in [1.29, 1.82) is 0 Å². The average molecular weight is 364 g/mol. The molecule has 2 aliphatic heterocycles. The van der Waals surface area contributed by atoms with Crippen LogP contribution in [-0.4, -0.2) is 53.7 Å². The van der Waals surface area contributed by atoms with Crippen LogP contribution in [0.2, 0.25) is 0 Å². The average Bonchev–Trinajstić information content (AvgIpc) is 3.33. The highest BCUT2D eigenvalue weighted by atomic mass is 16.6. The van der Waals surface area contributed by atoms with Crippen molar-refractivity contribution in [2.45, 2.75) is 50.2 Å². The minimum Gasteiger partial charge on any atom is -0.395 e. The maximum Gasteiger partial charge on any atom is 0.433 e. The summed E-state index contributed by atoms with van der Waals surface area (Å²) < 4.78 is 17.2. The zero-order chi connectivity index (χ0) is 18.1. The Kier molecular flexibility index (Phi) is 4.71. The molecule has 1 spiro atoms. The van der Waals surface area contributed by atoms with Crippen LogP contribution in [0, 0.1) is 16.0 Å². The monoisotopic (exact) mass is 364 g/mol. The van der Waals surface area contributed by atoms with Crippen molar-refractivity contribution in [3.05, 3.63) is 28.0 Å². The van der Waals surface area contributed by atoms with E-state index in [-0.39, 0.29) is 23.4 Å². The van der Waals surface area contributed by atoms with Gasteiger partial charge in [0.05, 0.1) is 17.8 Å². The molecule has 2 saturated heterocycles. The fourth-order valence-electron chi connectivity index (χ4n) is 3.84. The van der Waals surface area contributed by atoms with Gasteiger partial charge in [-0.05, 0) is 44.1 Å². The molecule has 3 aliphatic rings. The quantitative estimate of drug-likeness (QED) is 0.589. The number of carbonyl (C=O) groups is 1. The summed E-state index contributed by atoms with van der Waals surface area (Å²) in [5.41, 5.74) is -0.210. The van der Waals surface area contributed by atoms with Crippen LogP contribution in [0.25, 0.3) is 0 Å². The number of hydrogen-bond acceptors (Lipinski definition) is 6. The molecule has 1 aromatic rings. The van der Waals surface area contributed by atoms with Gasteiger partial charge in [0, 0.05) is 32.7 Å². The van der Waals surface area contributed by atoms with Gasteiger partial charge < -0.3 is 18.8 Å². The number of hydrogen-bond donors (Lipinski definition) is 0. The first-order valence-corrected chi connectivity index (χ1v) is 9.34. The smallest absolute Gasteiger partial charge is 0.395 e. The van der Waals surface area contributed by atoms with Gasteiger partial charge in [0.2, 0.25) is 0 Å². The minimum atomic E-state index is -0.639. The molecule has 0 aromatic carbocycles. The van der Waals surface area contributed by atoms with E-state index in [1.54, 1.807) is 4.90 Å². The number of nitrogens with zero attached hydrogens (tertiary/aromatic N) is 2. The Bertz CT molecular complexity index is 675. The van der Waals surface area contributed by atoms with E-state index in [0.717, 1.165) is 38.2 Å². The van der Waals surface area contributed by atoms with Crippen molar-refractivity contribution in [2.75, 3.05) is 26.3 Å². The summed E-state index contributed by atoms with van der Waals surface area (Å²) in [6, 6.07) is 2.58. The van der Waals surface area contributed by atoms with E-state index < -0.39 is 10.8 Å². The molecule has 142 valence electrons. The van der Waals surface area contributed by atoms with Crippen molar-refractivity contribution < 1.29 is 23.6 Å². The Morgan fingerprint density at radius 3 is 2.73 bits per heavy atom. The van der Waals surface area contributed by atoms with E-state index in [1.165, 1.54) is 25.0 Å². The third-order valence-corrected chi connectivity index (χ3v) is 5.66. The molecule has 1 aromatic heterocycles. The topological polar surface area (TPSA) is 95.0 Å². The summed E-state index contributed by atoms with van der Waals surface area (Å²) >= 11 is 0. The van der Waals surface area contributed by atoms with Crippen molar-refractivity contribution in [1.82, 2.24) is 4.90 Å². The van der Waals surface area contributed by atoms with Gasteiger partial charge in [-0.15, -0.1) is 0 Å². The number of piperidine rings is 1. The molecular formula is C18H24N2O6. The molecular weight excluding hydrogens is 340 g/mol. The molecule has 26 heavy (non-hydrogen) atoms. The Labute approximate surface area is 151 Å². The standard InChI is InChI=1S/C18H24N2O6/c21-17(15-3-4-16(26-15)20(22)23)19-8-6-18(7-9-19)11-14(5-10-25-18)24-12-13-1-2-13/h3-4,13-14H,1-2,5-12H2. The van der Waals surface area contributed by atoms with Gasteiger partial charge in [0.25, 0.3) is 5.91 Å². The van der Waals surface area contributed by atoms with E-state index in [1.807, 2.05) is 0 Å². The number of ether oxygens (including phenoxy) is 2. The summed E-state index contributed by atoms with van der Waals surface area (Å²) in [5, 5.41) is 10.7. The van der Waals surface area contributed by atoms with Crippen molar-refractivity contribution >= 4 is 11.8 Å². The molecule has 0 radical (unpaired) electrons. The van der Waals surface area contributed by atoms with Crippen molar-refractivity contribution in [3.63, 3.8) is 0 Å². The Balaban J connectivity index is 1.32. The van der Waals surface area contributed by atoms with Crippen LogP contribution in [0.5, 0.6) is 0 Å². The lowest BCUT2D eigenvalue weighted by molar-refractivity contribution is -0.402. The molecule has 8 heteroatoms. The van der Waals surface area contributed by atoms with Gasteiger partial charge in [0.1, 0.15) is 4.92 Å². The Morgan fingerprint density at radius 1 is 1.31 bits per heavy atom. The molecule has 1 saturated carbocycles. The lowest BCUT2D eigenvalue weighted by Crippen LogP contribution is -2.52. The highest BCUT2D eigenvalue weighted by Gasteiger charge is 2.42. The van der Waals surface area contributed by atoms with Crippen LogP contribution in [-0.2, 0) is 9.47 Å². The van der Waals surface area contributed by atoms with E-state index in [0.29, 0.717) is 19.7 Å². The van der Waals surface area contributed by atoms with Crippen molar-refractivity contribution in [2.24, 2.45) is 5.92 Å². The molecule has 1 aliphatic carbocycles. The minimum absolute atomic E-state index is 0.0165. The summed E-state index contributed by atoms with van der Waals surface area (Å²) in [4.78, 5) is 24.3. The summed E-state index contributed by atoms with van der Waals surface area (Å²) in [6.07, 6.45) is 6.16. The molecule has 3 heterocycles. The zero-order valence-electron chi connectivity index (χ0n) is 14.7. The van der Waals surface area contributed by atoms with Gasteiger partial charge in [-0.25, -0.2) is 0 Å². The molecule has 4 rings (SSSR count). The molecule has 0 bridgehead atoms. The predicted molar refractivity (Wildman–Crippen MR) is 90.9 cm³/mol. The second kappa shape index (κ2) is 7.00. The fourth-order valence-corrected chi connectivity index (χ4v) is 3.84. The van der Waals surface area contributed by atoms with E-state index in [9.17, 15) is 14.9 Å². The van der Waals surface area contributed by atoms with Gasteiger partial charge in [-0.3, -0.25) is 14.9 Å². The summed E-state index contributed by atoms with van der Waals surface area (Å²) in [6.45, 7) is 2.68. The first-order valence-electron chi connectivity index (χ1n) is 9.34. The van der Waals surface area contributed by atoms with Crippen LogP contribution in [0.4, 0.5) is 5.88 Å². The number of amides is 1. The van der Waals surface area contributed by atoms with Gasteiger partial charge >= 0.3 is 5.88 Å². The van der Waals surface area contributed by atoms with Gasteiger partial charge in [-0.2, -0.15) is 0 Å². The van der Waals surface area contributed by atoms with Crippen LogP contribution in [0.3, 0.4) is 0 Å². The van der Waals surface area contributed by atoms with E-state index in [2.05, 4.69) is 0 Å². The summed E-state index contributed by atoms with van der Waals surface area (Å²) in [7, 11) is 0. The highest BCUT2D eigenvalue weighted by molar-refractivity contribution is 5.91. The van der Waals surface area contributed by atoms with Crippen LogP contribution >= 0.6 is 0 Å². The number of likely N-dealkylation sites (tertiary alicyclic amines) is 1. The number of nitro groups is 1. The number of carbonyl (C=O) groups excluding carboxylic acids is 1. The van der Waals surface area contributed by atoms with Gasteiger partial charge in [0.15, 0.2) is 5.76 Å². The first kappa shape index (κ1) is 17.5. The van der Waals surface area contributed by atoms with Crippen LogP contribution in [0.1, 0.15) is 49.1 Å². The lowest BCUT2D eigenvalue weighted by atomic mass is 9.83. The van der Waals surface area contributed by atoms with Crippen LogP contribution in [0.15, 0.2) is 16.5 Å². The number of rotatable bonds is 5. The molecule has 1 atom stereocenters. The number of furan rings is 1. The Hall–Kier alpha value is -1.93. The maximum atomic E-state index is 12.5. The zero-order valence-corrected chi connectivity index (χ0v) is 14.7. The third-order valence-electron chi connectivity index (χ3n) is 5.66. The predicted octanol–water partition coefficient (Wildman–Crippen LogP) is 2.77. The second-order valence-electron chi connectivity index (χ2n) is 7.61. The van der Waals surface area contributed by atoms with Crippen molar-refractivity contribution in [3.8, 4) is 0 Å². The molecule has 1 amide bonds. The molecule has 1 unspecified atom stereocenters. The molecule has 3 fully saturated rings. The lowest BCUT2D eigenvalue weighted by Gasteiger charge is -2.45.